The van der Waals surface area contributed by atoms with Gasteiger partial charge in [0.05, 0.1) is 6.61 Å². The van der Waals surface area contributed by atoms with Crippen molar-refractivity contribution in [3.63, 3.8) is 0 Å². The van der Waals surface area contributed by atoms with Crippen molar-refractivity contribution in [1.29, 1.82) is 0 Å². The van der Waals surface area contributed by atoms with Crippen LogP contribution in [0.2, 0.25) is 0 Å². The van der Waals surface area contributed by atoms with Crippen molar-refractivity contribution in [3.05, 3.63) is 24.1 Å². The number of nitrogens with zero attached hydrogens (tertiary/aromatic N) is 1. The van der Waals surface area contributed by atoms with Crippen LogP contribution in [0.25, 0.3) is 11.1 Å². The summed E-state index contributed by atoms with van der Waals surface area (Å²) in [6, 6.07) is 5.97. The Bertz CT molecular complexity index is 577. The Morgan fingerprint density at radius 1 is 1.29 bits per heavy atom. The molecule has 0 spiro atoms. The van der Waals surface area contributed by atoms with Gasteiger partial charge in [0.2, 0.25) is 0 Å². The molecule has 1 aromatic heterocycles. The average molecular weight is 290 g/mol. The first-order valence-electron chi connectivity index (χ1n) is 7.79. The molecule has 0 atom stereocenters. The molecule has 2 aromatic rings. The van der Waals surface area contributed by atoms with Gasteiger partial charge in [-0.15, -0.1) is 0 Å². The zero-order valence-electron chi connectivity index (χ0n) is 13.4. The summed E-state index contributed by atoms with van der Waals surface area (Å²) in [7, 11) is 0. The van der Waals surface area contributed by atoms with Crippen LogP contribution in [0.15, 0.2) is 22.6 Å². The lowest BCUT2D eigenvalue weighted by molar-refractivity contribution is 0.127. The fourth-order valence-corrected chi connectivity index (χ4v) is 2.37. The van der Waals surface area contributed by atoms with E-state index in [2.05, 4.69) is 38.0 Å². The van der Waals surface area contributed by atoms with Crippen molar-refractivity contribution < 1.29 is 9.52 Å². The van der Waals surface area contributed by atoms with Crippen molar-refractivity contribution in [3.8, 4) is 0 Å². The molecule has 4 heteroatoms. The molecule has 0 aliphatic carbocycles. The maximum absolute atomic E-state index is 9.62. The molecule has 2 N–H and O–H groups in total. The van der Waals surface area contributed by atoms with Gasteiger partial charge in [-0.2, -0.15) is 0 Å². The van der Waals surface area contributed by atoms with Gasteiger partial charge in [0, 0.05) is 23.6 Å². The van der Waals surface area contributed by atoms with Crippen LogP contribution in [0, 0.1) is 5.41 Å². The summed E-state index contributed by atoms with van der Waals surface area (Å²) in [6.07, 6.45) is 1.91. The first-order chi connectivity index (χ1) is 10.0. The first-order valence-corrected chi connectivity index (χ1v) is 7.79. The third kappa shape index (κ3) is 3.38. The van der Waals surface area contributed by atoms with Crippen LogP contribution in [0.1, 0.15) is 52.3 Å². The summed E-state index contributed by atoms with van der Waals surface area (Å²) >= 11 is 0. The van der Waals surface area contributed by atoms with E-state index in [1.165, 1.54) is 0 Å². The lowest BCUT2D eigenvalue weighted by Gasteiger charge is -2.30. The smallest absolute Gasteiger partial charge is 0.198 e. The van der Waals surface area contributed by atoms with Gasteiger partial charge in [-0.25, -0.2) is 4.98 Å². The van der Waals surface area contributed by atoms with Gasteiger partial charge in [0.15, 0.2) is 11.5 Å². The number of aromatic nitrogens is 1. The van der Waals surface area contributed by atoms with E-state index < -0.39 is 0 Å². The predicted octanol–water partition coefficient (Wildman–Crippen LogP) is 4.16. The highest BCUT2D eigenvalue weighted by Crippen LogP contribution is 2.28. The molecule has 4 nitrogen and oxygen atoms in total. The van der Waals surface area contributed by atoms with Gasteiger partial charge in [-0.3, -0.25) is 0 Å². The summed E-state index contributed by atoms with van der Waals surface area (Å²) in [6.45, 7) is 9.35. The summed E-state index contributed by atoms with van der Waals surface area (Å²) in [5.41, 5.74) is 2.67. The molecule has 0 saturated carbocycles. The zero-order chi connectivity index (χ0) is 15.5. The fourth-order valence-electron chi connectivity index (χ4n) is 2.37. The minimum Gasteiger partial charge on any atom is -0.440 e. The topological polar surface area (TPSA) is 58.3 Å². The maximum Gasteiger partial charge on any atom is 0.198 e. The molecule has 2 rings (SSSR count). The highest BCUT2D eigenvalue weighted by Gasteiger charge is 2.24. The molecular weight excluding hydrogens is 264 g/mol. The number of benzene rings is 1. The monoisotopic (exact) mass is 290 g/mol. The van der Waals surface area contributed by atoms with Gasteiger partial charge in [-0.1, -0.05) is 27.7 Å². The number of aliphatic hydroxyl groups excluding tert-OH is 1. The molecule has 21 heavy (non-hydrogen) atoms. The maximum atomic E-state index is 9.62. The van der Waals surface area contributed by atoms with E-state index in [1.807, 2.05) is 18.2 Å². The Kier molecular flexibility index (Phi) is 4.88. The van der Waals surface area contributed by atoms with Crippen LogP contribution in [0.4, 0.5) is 5.69 Å². The standard InChI is InChI=1S/C17H26N2O2/c1-5-17(6-2,11-20)10-18-13-7-8-15-14(9-13)19-16(21-15)12(3)4/h7-9,12,18,20H,5-6,10-11H2,1-4H3. The Hall–Kier alpha value is -1.55. The van der Waals surface area contributed by atoms with E-state index in [0.29, 0.717) is 0 Å². The van der Waals surface area contributed by atoms with E-state index in [0.717, 1.165) is 42.1 Å². The molecule has 0 aliphatic rings. The van der Waals surface area contributed by atoms with Crippen LogP contribution in [-0.2, 0) is 0 Å². The number of aliphatic hydroxyl groups is 1. The molecule has 1 aromatic carbocycles. The zero-order valence-corrected chi connectivity index (χ0v) is 13.4. The van der Waals surface area contributed by atoms with Crippen LogP contribution < -0.4 is 5.32 Å². The van der Waals surface area contributed by atoms with Crippen molar-refractivity contribution in [2.24, 2.45) is 5.41 Å². The molecule has 0 aliphatic heterocycles. The van der Waals surface area contributed by atoms with Gasteiger partial charge in [0.1, 0.15) is 5.52 Å². The second kappa shape index (κ2) is 6.48. The molecule has 0 radical (unpaired) electrons. The number of anilines is 1. The first kappa shape index (κ1) is 15.8. The van der Waals surface area contributed by atoms with Crippen LogP contribution in [0.5, 0.6) is 0 Å². The van der Waals surface area contributed by atoms with E-state index in [4.69, 9.17) is 4.42 Å². The molecule has 0 fully saturated rings. The quantitative estimate of drug-likeness (QED) is 0.804. The van der Waals surface area contributed by atoms with E-state index in [1.54, 1.807) is 0 Å². The van der Waals surface area contributed by atoms with E-state index >= 15 is 0 Å². The third-order valence-electron chi connectivity index (χ3n) is 4.40. The van der Waals surface area contributed by atoms with Crippen molar-refractivity contribution in [2.45, 2.75) is 46.5 Å². The SMILES string of the molecule is CCC(CC)(CO)CNc1ccc2oc(C(C)C)nc2c1. The van der Waals surface area contributed by atoms with Crippen LogP contribution in [0.3, 0.4) is 0 Å². The Morgan fingerprint density at radius 3 is 2.57 bits per heavy atom. The van der Waals surface area contributed by atoms with E-state index in [-0.39, 0.29) is 17.9 Å². The number of hydrogen-bond donors (Lipinski definition) is 2. The molecule has 0 bridgehead atoms. The summed E-state index contributed by atoms with van der Waals surface area (Å²) in [5.74, 6) is 1.06. The minimum atomic E-state index is -0.0537. The molecular formula is C17H26N2O2. The summed E-state index contributed by atoms with van der Waals surface area (Å²) in [4.78, 5) is 4.52. The van der Waals surface area contributed by atoms with Gasteiger partial charge in [0.25, 0.3) is 0 Å². The Morgan fingerprint density at radius 2 is 2.00 bits per heavy atom. The average Bonchev–Trinajstić information content (AvgIpc) is 2.93. The second-order valence-electron chi connectivity index (χ2n) is 6.11. The third-order valence-corrected chi connectivity index (χ3v) is 4.40. The number of nitrogens with one attached hydrogen (secondary N) is 1. The van der Waals surface area contributed by atoms with Gasteiger partial charge < -0.3 is 14.8 Å². The summed E-state index contributed by atoms with van der Waals surface area (Å²) in [5, 5.41) is 13.1. The molecule has 0 amide bonds. The molecule has 0 saturated heterocycles. The lowest BCUT2D eigenvalue weighted by Crippen LogP contribution is -2.32. The van der Waals surface area contributed by atoms with Crippen molar-refractivity contribution >= 4 is 16.8 Å². The number of oxazole rings is 1. The van der Waals surface area contributed by atoms with Gasteiger partial charge >= 0.3 is 0 Å². The van der Waals surface area contributed by atoms with Crippen molar-refractivity contribution in [2.75, 3.05) is 18.5 Å². The van der Waals surface area contributed by atoms with Crippen LogP contribution >= 0.6 is 0 Å². The molecule has 116 valence electrons. The fraction of sp³-hybridized carbons (Fsp3) is 0.588. The molecule has 1 heterocycles. The van der Waals surface area contributed by atoms with Crippen LogP contribution in [-0.4, -0.2) is 23.2 Å². The van der Waals surface area contributed by atoms with Crippen molar-refractivity contribution in [1.82, 2.24) is 4.98 Å². The Labute approximate surface area is 126 Å². The number of fused-ring (bicyclic) bond motifs is 1. The summed E-state index contributed by atoms with van der Waals surface area (Å²) < 4.78 is 5.71. The normalized spacial score (nSPS) is 12.3. The second-order valence-corrected chi connectivity index (χ2v) is 6.11. The lowest BCUT2D eigenvalue weighted by atomic mass is 9.83. The van der Waals surface area contributed by atoms with E-state index in [9.17, 15) is 5.11 Å². The number of rotatable bonds is 7. The highest BCUT2D eigenvalue weighted by atomic mass is 16.3. The van der Waals surface area contributed by atoms with Gasteiger partial charge in [-0.05, 0) is 31.0 Å². The Balaban J connectivity index is 2.15. The predicted molar refractivity (Wildman–Crippen MR) is 86.7 cm³/mol. The minimum absolute atomic E-state index is 0.0537. The highest BCUT2D eigenvalue weighted by molar-refractivity contribution is 5.77. The largest absolute Gasteiger partial charge is 0.440 e. The number of hydrogen-bond acceptors (Lipinski definition) is 4. The molecule has 0 unspecified atom stereocenters.